The van der Waals surface area contributed by atoms with Crippen molar-refractivity contribution in [2.75, 3.05) is 13.7 Å². The summed E-state index contributed by atoms with van der Waals surface area (Å²) < 4.78 is 16.7. The van der Waals surface area contributed by atoms with Gasteiger partial charge in [0.25, 0.3) is 0 Å². The molecule has 0 spiro atoms. The van der Waals surface area contributed by atoms with Crippen molar-refractivity contribution in [1.82, 2.24) is 4.98 Å². The average molecular weight is 373 g/mol. The zero-order valence-electron chi connectivity index (χ0n) is 15.4. The van der Waals surface area contributed by atoms with Gasteiger partial charge in [-0.1, -0.05) is 18.2 Å². The molecule has 1 aliphatic heterocycles. The summed E-state index contributed by atoms with van der Waals surface area (Å²) in [5, 5.41) is 0. The summed E-state index contributed by atoms with van der Waals surface area (Å²) in [7, 11) is 1.57. The molecule has 0 bridgehead atoms. The van der Waals surface area contributed by atoms with Gasteiger partial charge in [-0.3, -0.25) is 9.78 Å². The largest absolute Gasteiger partial charge is 0.497 e. The molecule has 0 aliphatic carbocycles. The third-order valence-electron chi connectivity index (χ3n) is 4.44. The highest BCUT2D eigenvalue weighted by atomic mass is 16.5. The number of carbonyl (C=O) groups excluding carboxylic acids is 1. The van der Waals surface area contributed by atoms with E-state index in [2.05, 4.69) is 4.98 Å². The van der Waals surface area contributed by atoms with Crippen LogP contribution in [-0.4, -0.2) is 24.5 Å². The number of aromatic nitrogens is 1. The Morgan fingerprint density at radius 2 is 1.89 bits per heavy atom. The number of ether oxygens (including phenoxy) is 3. The maximum Gasteiger partial charge on any atom is 0.196 e. The molecule has 0 saturated carbocycles. The monoisotopic (exact) mass is 373 g/mol. The van der Waals surface area contributed by atoms with Gasteiger partial charge in [0.05, 0.1) is 18.4 Å². The number of hydrogen-bond acceptors (Lipinski definition) is 5. The molecule has 3 aromatic rings. The van der Waals surface area contributed by atoms with Crippen LogP contribution in [0.1, 0.15) is 21.6 Å². The minimum atomic E-state index is -0.0457. The fourth-order valence-corrected chi connectivity index (χ4v) is 2.94. The van der Waals surface area contributed by atoms with Crippen molar-refractivity contribution < 1.29 is 19.0 Å². The lowest BCUT2D eigenvalue weighted by atomic mass is 9.98. The second-order valence-corrected chi connectivity index (χ2v) is 6.33. The Morgan fingerprint density at radius 1 is 1.07 bits per heavy atom. The van der Waals surface area contributed by atoms with Gasteiger partial charge in [-0.05, 0) is 54.1 Å². The number of benzene rings is 2. The van der Waals surface area contributed by atoms with Crippen LogP contribution >= 0.6 is 0 Å². The Kier molecular flexibility index (Phi) is 5.06. The first-order valence-electron chi connectivity index (χ1n) is 8.92. The molecule has 0 fully saturated rings. The second kappa shape index (κ2) is 7.96. The van der Waals surface area contributed by atoms with Gasteiger partial charge >= 0.3 is 0 Å². The highest BCUT2D eigenvalue weighted by molar-refractivity contribution is 6.14. The van der Waals surface area contributed by atoms with Crippen molar-refractivity contribution in [3.63, 3.8) is 0 Å². The molecule has 2 aromatic carbocycles. The summed E-state index contributed by atoms with van der Waals surface area (Å²) in [6, 6.07) is 18.5. The summed E-state index contributed by atoms with van der Waals surface area (Å²) in [4.78, 5) is 17.0. The number of fused-ring (bicyclic) bond motifs is 1. The van der Waals surface area contributed by atoms with Crippen LogP contribution in [0.4, 0.5) is 0 Å². The topological polar surface area (TPSA) is 57.7 Å². The molecule has 4 rings (SSSR count). The Bertz CT molecular complexity index is 1010. The smallest absolute Gasteiger partial charge is 0.196 e. The van der Waals surface area contributed by atoms with Crippen LogP contribution in [0.5, 0.6) is 17.2 Å². The molecule has 2 heterocycles. The highest BCUT2D eigenvalue weighted by Gasteiger charge is 2.23. The van der Waals surface area contributed by atoms with E-state index in [-0.39, 0.29) is 12.4 Å². The fraction of sp³-hybridized carbons (Fsp3) is 0.130. The first-order valence-corrected chi connectivity index (χ1v) is 8.92. The maximum absolute atomic E-state index is 12.8. The average Bonchev–Trinajstić information content (AvgIpc) is 2.76. The van der Waals surface area contributed by atoms with Gasteiger partial charge in [0, 0.05) is 11.8 Å². The van der Waals surface area contributed by atoms with E-state index in [4.69, 9.17) is 14.2 Å². The van der Waals surface area contributed by atoms with Crippen molar-refractivity contribution in [1.29, 1.82) is 0 Å². The number of ketones is 1. The standard InChI is InChI=1S/C23H19NO4/c1-26-20-9-10-22-21(13-20)23(25)17(14-28-22)12-16-5-7-19(8-6-16)27-15-18-4-2-3-11-24-18/h2-13H,14-15H2,1H3/b17-12+. The summed E-state index contributed by atoms with van der Waals surface area (Å²) in [6.07, 6.45) is 3.58. The summed E-state index contributed by atoms with van der Waals surface area (Å²) in [6.45, 7) is 0.655. The molecule has 140 valence electrons. The molecule has 0 atom stereocenters. The molecule has 1 aliphatic rings. The van der Waals surface area contributed by atoms with Crippen LogP contribution in [0, 0.1) is 0 Å². The van der Waals surface area contributed by atoms with Gasteiger partial charge in [0.1, 0.15) is 30.5 Å². The predicted octanol–water partition coefficient (Wildman–Crippen LogP) is 4.33. The molecule has 5 nitrogen and oxygen atoms in total. The maximum atomic E-state index is 12.8. The number of nitrogens with zero attached hydrogens (tertiary/aromatic N) is 1. The minimum Gasteiger partial charge on any atom is -0.497 e. The van der Waals surface area contributed by atoms with Gasteiger partial charge in [0.15, 0.2) is 5.78 Å². The Balaban J connectivity index is 1.47. The lowest BCUT2D eigenvalue weighted by molar-refractivity contribution is 0.100. The zero-order valence-corrected chi connectivity index (χ0v) is 15.4. The van der Waals surface area contributed by atoms with Gasteiger partial charge in [-0.2, -0.15) is 0 Å². The molecule has 28 heavy (non-hydrogen) atoms. The molecule has 0 saturated heterocycles. The van der Waals surface area contributed by atoms with Crippen LogP contribution < -0.4 is 14.2 Å². The zero-order chi connectivity index (χ0) is 19.3. The molecular weight excluding hydrogens is 354 g/mol. The number of pyridine rings is 1. The lowest BCUT2D eigenvalue weighted by Gasteiger charge is -2.19. The molecule has 5 heteroatoms. The summed E-state index contributed by atoms with van der Waals surface area (Å²) in [5.41, 5.74) is 2.89. The fourth-order valence-electron chi connectivity index (χ4n) is 2.94. The van der Waals surface area contributed by atoms with Crippen LogP contribution in [-0.2, 0) is 6.61 Å². The van der Waals surface area contributed by atoms with Crippen molar-refractivity contribution >= 4 is 11.9 Å². The molecular formula is C23H19NO4. The van der Waals surface area contributed by atoms with Crippen LogP contribution in [0.25, 0.3) is 6.08 Å². The Morgan fingerprint density at radius 3 is 2.64 bits per heavy atom. The van der Waals surface area contributed by atoms with E-state index in [1.165, 1.54) is 0 Å². The third kappa shape index (κ3) is 3.88. The van der Waals surface area contributed by atoms with E-state index in [9.17, 15) is 4.79 Å². The predicted molar refractivity (Wildman–Crippen MR) is 106 cm³/mol. The number of carbonyl (C=O) groups is 1. The van der Waals surface area contributed by atoms with Gasteiger partial charge in [0.2, 0.25) is 0 Å². The van der Waals surface area contributed by atoms with E-state index in [0.29, 0.717) is 29.2 Å². The molecule has 1 aromatic heterocycles. The van der Waals surface area contributed by atoms with Crippen molar-refractivity contribution in [3.8, 4) is 17.2 Å². The van der Waals surface area contributed by atoms with Crippen LogP contribution in [0.3, 0.4) is 0 Å². The molecule has 0 radical (unpaired) electrons. The van der Waals surface area contributed by atoms with E-state index < -0.39 is 0 Å². The van der Waals surface area contributed by atoms with Crippen LogP contribution in [0.15, 0.2) is 72.4 Å². The van der Waals surface area contributed by atoms with Gasteiger partial charge in [-0.25, -0.2) is 0 Å². The van der Waals surface area contributed by atoms with Crippen molar-refractivity contribution in [3.05, 3.63) is 89.3 Å². The molecule has 0 unspecified atom stereocenters. The SMILES string of the molecule is COc1ccc2c(c1)C(=O)/C(=C/c1ccc(OCc3ccccn3)cc1)CO2. The van der Waals surface area contributed by atoms with Gasteiger partial charge in [-0.15, -0.1) is 0 Å². The Labute approximate surface area is 163 Å². The minimum absolute atomic E-state index is 0.0457. The summed E-state index contributed by atoms with van der Waals surface area (Å²) in [5.74, 6) is 1.91. The number of rotatable bonds is 5. The van der Waals surface area contributed by atoms with Gasteiger partial charge < -0.3 is 14.2 Å². The third-order valence-corrected chi connectivity index (χ3v) is 4.44. The second-order valence-electron chi connectivity index (χ2n) is 6.33. The van der Waals surface area contributed by atoms with Crippen molar-refractivity contribution in [2.45, 2.75) is 6.61 Å². The quantitative estimate of drug-likeness (QED) is 0.623. The lowest BCUT2D eigenvalue weighted by Crippen LogP contribution is -2.19. The summed E-state index contributed by atoms with van der Waals surface area (Å²) >= 11 is 0. The first kappa shape index (κ1) is 17.8. The molecule has 0 amide bonds. The van der Waals surface area contributed by atoms with E-state index in [1.807, 2.05) is 48.5 Å². The normalized spacial score (nSPS) is 14.3. The molecule has 0 N–H and O–H groups in total. The van der Waals surface area contributed by atoms with E-state index in [1.54, 1.807) is 31.5 Å². The number of Topliss-reactive ketones (excluding diaryl/α,β-unsaturated/α-hetero) is 1. The van der Waals surface area contributed by atoms with Crippen LogP contribution in [0.2, 0.25) is 0 Å². The number of methoxy groups -OCH3 is 1. The number of hydrogen-bond donors (Lipinski definition) is 0. The van der Waals surface area contributed by atoms with E-state index >= 15 is 0 Å². The first-order chi connectivity index (χ1) is 13.7. The highest BCUT2D eigenvalue weighted by Crippen LogP contribution is 2.31. The van der Waals surface area contributed by atoms with Crippen molar-refractivity contribution in [2.24, 2.45) is 0 Å². The Hall–Kier alpha value is -3.60. The van der Waals surface area contributed by atoms with E-state index in [0.717, 1.165) is 17.0 Å².